The Labute approximate surface area is 200 Å². The molecule has 0 spiro atoms. The first-order valence-electron chi connectivity index (χ1n) is 10.6. The largest absolute Gasteiger partial charge is 0.496 e. The normalized spacial score (nSPS) is 12.7. The summed E-state index contributed by atoms with van der Waals surface area (Å²) >= 11 is 6.86. The summed E-state index contributed by atoms with van der Waals surface area (Å²) in [6.45, 7) is 9.82. The highest BCUT2D eigenvalue weighted by atomic mass is 35.5. The molecule has 0 saturated carbocycles. The van der Waals surface area contributed by atoms with Gasteiger partial charge in [0, 0.05) is 15.9 Å². The van der Waals surface area contributed by atoms with E-state index in [0.29, 0.717) is 32.4 Å². The molecule has 0 atom stereocenters. The van der Waals surface area contributed by atoms with Crippen molar-refractivity contribution in [1.82, 2.24) is 0 Å². The summed E-state index contributed by atoms with van der Waals surface area (Å²) in [5.41, 5.74) is 4.45. The Morgan fingerprint density at radius 3 is 1.58 bits per heavy atom. The van der Waals surface area contributed by atoms with Gasteiger partial charge in [0.15, 0.2) is 18.6 Å². The zero-order chi connectivity index (χ0) is 24.1. The van der Waals surface area contributed by atoms with Gasteiger partial charge in [-0.3, -0.25) is 0 Å². The molecule has 0 N–H and O–H groups in total. The van der Waals surface area contributed by atoms with E-state index in [9.17, 15) is 0 Å². The summed E-state index contributed by atoms with van der Waals surface area (Å²) in [5, 5.41) is 2.21. The third kappa shape index (κ3) is 3.68. The molecule has 1 aliphatic heterocycles. The second-order valence-electron chi connectivity index (χ2n) is 8.43. The minimum Gasteiger partial charge on any atom is -0.496 e. The molecular weight excluding hydrogens is 459 g/mol. The molecule has 174 valence electrons. The number of rotatable bonds is 5. The van der Waals surface area contributed by atoms with Crippen LogP contribution in [0.5, 0.6) is 23.0 Å². The molecule has 0 amide bonds. The van der Waals surface area contributed by atoms with Crippen molar-refractivity contribution in [3.05, 3.63) is 63.2 Å². The van der Waals surface area contributed by atoms with Crippen LogP contribution in [0.25, 0.3) is 0 Å². The van der Waals surface area contributed by atoms with Gasteiger partial charge in [-0.15, -0.1) is 0 Å². The van der Waals surface area contributed by atoms with Gasteiger partial charge < -0.3 is 23.5 Å². The van der Waals surface area contributed by atoms with Crippen LogP contribution in [0, 0.1) is 34.6 Å². The summed E-state index contributed by atoms with van der Waals surface area (Å²) in [5.74, 6) is 2.59. The number of methoxy groups -OCH3 is 2. The van der Waals surface area contributed by atoms with E-state index >= 15 is 4.57 Å². The molecule has 1 aliphatic rings. The Hall–Kier alpha value is -2.62. The van der Waals surface area contributed by atoms with Crippen LogP contribution in [-0.4, -0.2) is 21.0 Å². The standard InChI is InChI=1S/C26H28ClO5P/c1-14-8-19(9-15(2)23(14)29-6)33(28,20-10-16(3)24(30-7)17(4)11-20)21-12-18(5)25-26(22(21)27)32-13-31-25/h8-12H,13H2,1-7H3. The van der Waals surface area contributed by atoms with Crippen LogP contribution in [0.4, 0.5) is 0 Å². The Balaban J connectivity index is 2.10. The number of hydrogen-bond acceptors (Lipinski definition) is 5. The maximum Gasteiger partial charge on any atom is 0.231 e. The van der Waals surface area contributed by atoms with Gasteiger partial charge in [0.2, 0.25) is 6.79 Å². The Morgan fingerprint density at radius 1 is 0.727 bits per heavy atom. The monoisotopic (exact) mass is 486 g/mol. The number of benzene rings is 3. The molecule has 7 heteroatoms. The van der Waals surface area contributed by atoms with Crippen LogP contribution in [0.15, 0.2) is 30.3 Å². The number of ether oxygens (including phenoxy) is 4. The van der Waals surface area contributed by atoms with Gasteiger partial charge in [-0.1, -0.05) is 11.6 Å². The summed E-state index contributed by atoms with van der Waals surface area (Å²) < 4.78 is 37.7. The average molecular weight is 487 g/mol. The van der Waals surface area contributed by atoms with Crippen LogP contribution in [0.1, 0.15) is 27.8 Å². The number of fused-ring (bicyclic) bond motifs is 1. The number of aryl methyl sites for hydroxylation is 5. The topological polar surface area (TPSA) is 54.0 Å². The first-order chi connectivity index (χ1) is 15.6. The van der Waals surface area contributed by atoms with E-state index < -0.39 is 7.14 Å². The summed E-state index contributed by atoms with van der Waals surface area (Å²) in [7, 11) is -0.137. The molecule has 3 aromatic carbocycles. The van der Waals surface area contributed by atoms with Gasteiger partial charge in [0.1, 0.15) is 11.5 Å². The molecule has 5 nitrogen and oxygen atoms in total. The first-order valence-corrected chi connectivity index (χ1v) is 12.7. The number of halogens is 1. The third-order valence-electron chi connectivity index (χ3n) is 6.11. The first kappa shape index (κ1) is 23.5. The molecule has 3 aromatic rings. The molecule has 0 aliphatic carbocycles. The quantitative estimate of drug-likeness (QED) is 0.460. The number of hydrogen-bond donors (Lipinski definition) is 0. The zero-order valence-electron chi connectivity index (χ0n) is 20.0. The van der Waals surface area contributed by atoms with Gasteiger partial charge >= 0.3 is 0 Å². The molecule has 0 radical (unpaired) electrons. The molecule has 0 saturated heterocycles. The molecule has 0 fully saturated rings. The fourth-order valence-electron chi connectivity index (χ4n) is 4.70. The maximum absolute atomic E-state index is 15.3. The molecule has 0 bridgehead atoms. The van der Waals surface area contributed by atoms with Gasteiger partial charge in [0.05, 0.1) is 19.2 Å². The van der Waals surface area contributed by atoms with E-state index in [4.69, 9.17) is 30.5 Å². The van der Waals surface area contributed by atoms with Crippen molar-refractivity contribution in [1.29, 1.82) is 0 Å². The maximum atomic E-state index is 15.3. The van der Waals surface area contributed by atoms with Gasteiger partial charge in [0.25, 0.3) is 0 Å². The van der Waals surface area contributed by atoms with Crippen molar-refractivity contribution in [3.8, 4) is 23.0 Å². The van der Waals surface area contributed by atoms with Crippen LogP contribution >= 0.6 is 18.7 Å². The van der Waals surface area contributed by atoms with Gasteiger partial charge in [-0.2, -0.15) is 0 Å². The minimum absolute atomic E-state index is 0.0884. The Kier molecular flexibility index (Phi) is 6.15. The highest BCUT2D eigenvalue weighted by Gasteiger charge is 2.37. The van der Waals surface area contributed by atoms with Crippen LogP contribution in [-0.2, 0) is 4.57 Å². The smallest absolute Gasteiger partial charge is 0.231 e. The second kappa shape index (κ2) is 8.62. The van der Waals surface area contributed by atoms with Crippen molar-refractivity contribution in [2.75, 3.05) is 21.0 Å². The molecular formula is C26H28ClO5P. The van der Waals surface area contributed by atoms with Crippen LogP contribution in [0.2, 0.25) is 5.02 Å². The lowest BCUT2D eigenvalue weighted by Gasteiger charge is -2.25. The molecule has 4 rings (SSSR count). The van der Waals surface area contributed by atoms with E-state index in [1.54, 1.807) is 14.2 Å². The van der Waals surface area contributed by atoms with Crippen molar-refractivity contribution in [2.45, 2.75) is 34.6 Å². The van der Waals surface area contributed by atoms with E-state index in [0.717, 1.165) is 39.3 Å². The molecule has 0 aromatic heterocycles. The fraction of sp³-hybridized carbons (Fsp3) is 0.308. The fourth-order valence-corrected chi connectivity index (χ4v) is 8.37. The minimum atomic E-state index is -3.42. The molecule has 0 unspecified atom stereocenters. The van der Waals surface area contributed by atoms with Crippen molar-refractivity contribution < 1.29 is 23.5 Å². The summed E-state index contributed by atoms with van der Waals surface area (Å²) in [4.78, 5) is 0. The molecule has 33 heavy (non-hydrogen) atoms. The summed E-state index contributed by atoms with van der Waals surface area (Å²) in [6.07, 6.45) is 0. The third-order valence-corrected chi connectivity index (χ3v) is 9.62. The lowest BCUT2D eigenvalue weighted by atomic mass is 10.1. The van der Waals surface area contributed by atoms with Crippen LogP contribution < -0.4 is 34.9 Å². The summed E-state index contributed by atoms with van der Waals surface area (Å²) in [6, 6.07) is 9.57. The molecule has 1 heterocycles. The van der Waals surface area contributed by atoms with E-state index in [1.165, 1.54) is 0 Å². The van der Waals surface area contributed by atoms with Gasteiger partial charge in [-0.05, 0) is 92.8 Å². The van der Waals surface area contributed by atoms with Crippen molar-refractivity contribution in [3.63, 3.8) is 0 Å². The highest BCUT2D eigenvalue weighted by molar-refractivity contribution is 7.85. The SMILES string of the molecule is COc1c(C)cc(P(=O)(c2cc(C)c(OC)c(C)c2)c2cc(C)c3c(c2Cl)OCO3)cc1C. The lowest BCUT2D eigenvalue weighted by molar-refractivity contribution is 0.173. The zero-order valence-corrected chi connectivity index (χ0v) is 21.6. The van der Waals surface area contributed by atoms with Crippen LogP contribution in [0.3, 0.4) is 0 Å². The van der Waals surface area contributed by atoms with Gasteiger partial charge in [-0.25, -0.2) is 0 Å². The Morgan fingerprint density at radius 2 is 1.15 bits per heavy atom. The van der Waals surface area contributed by atoms with Crippen molar-refractivity contribution >= 4 is 34.7 Å². The predicted molar refractivity (Wildman–Crippen MR) is 134 cm³/mol. The van der Waals surface area contributed by atoms with E-state index in [-0.39, 0.29) is 6.79 Å². The lowest BCUT2D eigenvalue weighted by Crippen LogP contribution is -2.27. The average Bonchev–Trinajstić information content (AvgIpc) is 3.26. The van der Waals surface area contributed by atoms with Crippen molar-refractivity contribution in [2.24, 2.45) is 0 Å². The predicted octanol–water partition coefficient (Wildman–Crippen LogP) is 5.27. The van der Waals surface area contributed by atoms with E-state index in [1.807, 2.05) is 65.0 Å². The Bertz CT molecular complexity index is 1210. The highest BCUT2D eigenvalue weighted by Crippen LogP contribution is 2.51. The second-order valence-corrected chi connectivity index (χ2v) is 11.5. The van der Waals surface area contributed by atoms with E-state index in [2.05, 4.69) is 0 Å².